The minimum atomic E-state index is -0.494. The molecule has 4 N–H and O–H groups in total. The van der Waals surface area contributed by atoms with Crippen LogP contribution in [0.5, 0.6) is 5.75 Å². The molecule has 0 spiro atoms. The number of ether oxygens (including phenoxy) is 1. The number of nitrogens with two attached hydrogens (primary N) is 1. The molecule has 7 heteroatoms. The Morgan fingerprint density at radius 2 is 2.04 bits per heavy atom. The first-order valence-corrected chi connectivity index (χ1v) is 8.07. The van der Waals surface area contributed by atoms with Crippen molar-refractivity contribution in [3.8, 4) is 5.75 Å². The van der Waals surface area contributed by atoms with E-state index in [1.807, 2.05) is 23.6 Å². The zero-order chi connectivity index (χ0) is 16.5. The van der Waals surface area contributed by atoms with Crippen LogP contribution >= 0.6 is 11.3 Å². The van der Waals surface area contributed by atoms with Crippen molar-refractivity contribution >= 4 is 23.2 Å². The lowest BCUT2D eigenvalue weighted by Crippen LogP contribution is -2.36. The molecular formula is C16H20N4O2S. The molecule has 0 saturated heterocycles. The second-order valence-electron chi connectivity index (χ2n) is 4.81. The summed E-state index contributed by atoms with van der Waals surface area (Å²) in [5.74, 6) is 0.843. The van der Waals surface area contributed by atoms with Gasteiger partial charge in [0.1, 0.15) is 5.75 Å². The minimum Gasteiger partial charge on any atom is -0.484 e. The fourth-order valence-corrected chi connectivity index (χ4v) is 2.55. The number of nitrogens with zero attached hydrogens (tertiary/aromatic N) is 1. The molecule has 2 aromatic rings. The highest BCUT2D eigenvalue weighted by Crippen LogP contribution is 2.13. The van der Waals surface area contributed by atoms with E-state index >= 15 is 0 Å². The van der Waals surface area contributed by atoms with Crippen molar-refractivity contribution in [1.82, 2.24) is 10.6 Å². The van der Waals surface area contributed by atoms with Crippen LogP contribution in [0.1, 0.15) is 11.1 Å². The highest BCUT2D eigenvalue weighted by Gasteiger charge is 2.02. The molecule has 1 aromatic heterocycles. The summed E-state index contributed by atoms with van der Waals surface area (Å²) in [6.07, 6.45) is 0. The lowest BCUT2D eigenvalue weighted by molar-refractivity contribution is -0.119. The highest BCUT2D eigenvalue weighted by molar-refractivity contribution is 7.07. The Bertz CT molecular complexity index is 656. The van der Waals surface area contributed by atoms with Crippen LogP contribution in [0.2, 0.25) is 0 Å². The van der Waals surface area contributed by atoms with Gasteiger partial charge in [0, 0.05) is 20.1 Å². The fraction of sp³-hybridized carbons (Fsp3) is 0.250. The number of thiophene rings is 1. The Labute approximate surface area is 139 Å². The molecule has 2 rings (SSSR count). The molecule has 0 radical (unpaired) electrons. The van der Waals surface area contributed by atoms with E-state index in [4.69, 9.17) is 10.5 Å². The van der Waals surface area contributed by atoms with Crippen molar-refractivity contribution in [2.45, 2.75) is 13.1 Å². The van der Waals surface area contributed by atoms with Crippen molar-refractivity contribution in [2.24, 2.45) is 10.7 Å². The maximum atomic E-state index is 10.7. The van der Waals surface area contributed by atoms with Gasteiger partial charge in [-0.15, -0.1) is 0 Å². The summed E-state index contributed by atoms with van der Waals surface area (Å²) in [6, 6.07) is 9.56. The number of aliphatic imine (C=N–C) groups is 1. The monoisotopic (exact) mass is 332 g/mol. The van der Waals surface area contributed by atoms with Crippen LogP contribution in [0.4, 0.5) is 0 Å². The summed E-state index contributed by atoms with van der Waals surface area (Å²) < 4.78 is 5.29. The fourth-order valence-electron chi connectivity index (χ4n) is 1.89. The van der Waals surface area contributed by atoms with Gasteiger partial charge in [0.15, 0.2) is 12.6 Å². The van der Waals surface area contributed by atoms with Crippen LogP contribution in [0, 0.1) is 0 Å². The molecule has 1 heterocycles. The molecule has 1 aromatic carbocycles. The largest absolute Gasteiger partial charge is 0.484 e. The van der Waals surface area contributed by atoms with Crippen LogP contribution < -0.4 is 21.1 Å². The van der Waals surface area contributed by atoms with Gasteiger partial charge in [-0.25, -0.2) is 0 Å². The van der Waals surface area contributed by atoms with E-state index in [1.54, 1.807) is 24.5 Å². The Kier molecular flexibility index (Phi) is 6.43. The number of hydrogen-bond donors (Lipinski definition) is 3. The van der Waals surface area contributed by atoms with Gasteiger partial charge in [-0.3, -0.25) is 9.79 Å². The topological polar surface area (TPSA) is 88.7 Å². The van der Waals surface area contributed by atoms with Crippen LogP contribution in [-0.2, 0) is 17.9 Å². The molecule has 1 amide bonds. The SMILES string of the molecule is CN=C(NCc1ccsc1)NCc1cccc(OCC(N)=O)c1. The number of amides is 1. The molecule has 6 nitrogen and oxygen atoms in total. The maximum Gasteiger partial charge on any atom is 0.255 e. The first kappa shape index (κ1) is 16.8. The second-order valence-corrected chi connectivity index (χ2v) is 5.59. The van der Waals surface area contributed by atoms with Gasteiger partial charge in [0.05, 0.1) is 0 Å². The number of hydrogen-bond acceptors (Lipinski definition) is 4. The van der Waals surface area contributed by atoms with E-state index in [-0.39, 0.29) is 6.61 Å². The van der Waals surface area contributed by atoms with Gasteiger partial charge in [-0.2, -0.15) is 11.3 Å². The van der Waals surface area contributed by atoms with E-state index in [9.17, 15) is 4.79 Å². The lowest BCUT2D eigenvalue weighted by Gasteiger charge is -2.12. The van der Waals surface area contributed by atoms with E-state index in [2.05, 4.69) is 27.1 Å². The molecule has 0 aliphatic rings. The quantitative estimate of drug-likeness (QED) is 0.529. The van der Waals surface area contributed by atoms with Crippen LogP contribution in [0.3, 0.4) is 0 Å². The summed E-state index contributed by atoms with van der Waals surface area (Å²) in [6.45, 7) is 1.20. The molecule has 23 heavy (non-hydrogen) atoms. The Balaban J connectivity index is 1.83. The maximum absolute atomic E-state index is 10.7. The Morgan fingerprint density at radius 1 is 1.26 bits per heavy atom. The number of carbonyl (C=O) groups excluding carboxylic acids is 1. The molecule has 0 aliphatic heterocycles. The van der Waals surface area contributed by atoms with Crippen molar-refractivity contribution in [2.75, 3.05) is 13.7 Å². The van der Waals surface area contributed by atoms with Crippen LogP contribution in [0.15, 0.2) is 46.1 Å². The molecule has 0 bridgehead atoms. The Morgan fingerprint density at radius 3 is 2.70 bits per heavy atom. The minimum absolute atomic E-state index is 0.124. The summed E-state index contributed by atoms with van der Waals surface area (Å²) in [5, 5.41) is 10.6. The van der Waals surface area contributed by atoms with Crippen molar-refractivity contribution in [3.05, 3.63) is 52.2 Å². The number of rotatable bonds is 7. The molecule has 0 fully saturated rings. The summed E-state index contributed by atoms with van der Waals surface area (Å²) in [7, 11) is 1.73. The summed E-state index contributed by atoms with van der Waals surface area (Å²) in [4.78, 5) is 14.9. The van der Waals surface area contributed by atoms with E-state index in [0.29, 0.717) is 12.3 Å². The van der Waals surface area contributed by atoms with E-state index in [1.165, 1.54) is 5.56 Å². The van der Waals surface area contributed by atoms with Crippen molar-refractivity contribution in [3.63, 3.8) is 0 Å². The lowest BCUT2D eigenvalue weighted by atomic mass is 10.2. The first-order chi connectivity index (χ1) is 11.2. The van der Waals surface area contributed by atoms with Crippen LogP contribution in [0.25, 0.3) is 0 Å². The molecule has 0 atom stereocenters. The predicted molar refractivity (Wildman–Crippen MR) is 92.5 cm³/mol. The third kappa shape index (κ3) is 5.99. The second kappa shape index (κ2) is 8.79. The molecule has 0 unspecified atom stereocenters. The van der Waals surface area contributed by atoms with Crippen LogP contribution in [-0.4, -0.2) is 25.5 Å². The smallest absolute Gasteiger partial charge is 0.255 e. The standard InChI is InChI=1S/C16H20N4O2S/c1-18-16(20-9-13-5-6-23-11-13)19-8-12-3-2-4-14(7-12)22-10-15(17)21/h2-7,11H,8-10H2,1H3,(H2,17,21)(H2,18,19,20). The number of carbonyl (C=O) groups is 1. The van der Waals surface area contributed by atoms with Gasteiger partial charge in [-0.05, 0) is 40.1 Å². The van der Waals surface area contributed by atoms with Gasteiger partial charge in [0.2, 0.25) is 0 Å². The average Bonchev–Trinajstić information content (AvgIpc) is 3.07. The number of nitrogens with one attached hydrogen (secondary N) is 2. The van der Waals surface area contributed by atoms with Gasteiger partial charge < -0.3 is 21.1 Å². The molecular weight excluding hydrogens is 312 g/mol. The summed E-state index contributed by atoms with van der Waals surface area (Å²) in [5.41, 5.74) is 7.31. The molecule has 0 aliphatic carbocycles. The van der Waals surface area contributed by atoms with Gasteiger partial charge >= 0.3 is 0 Å². The zero-order valence-corrected chi connectivity index (χ0v) is 13.7. The van der Waals surface area contributed by atoms with E-state index < -0.39 is 5.91 Å². The highest BCUT2D eigenvalue weighted by atomic mass is 32.1. The third-order valence-electron chi connectivity index (χ3n) is 3.00. The average molecular weight is 332 g/mol. The number of primary amides is 1. The van der Waals surface area contributed by atoms with Gasteiger partial charge in [-0.1, -0.05) is 12.1 Å². The molecule has 0 saturated carbocycles. The molecule has 122 valence electrons. The number of guanidine groups is 1. The van der Waals surface area contributed by atoms with E-state index in [0.717, 1.165) is 18.1 Å². The third-order valence-corrected chi connectivity index (χ3v) is 3.74. The number of benzene rings is 1. The van der Waals surface area contributed by atoms with Crippen molar-refractivity contribution < 1.29 is 9.53 Å². The zero-order valence-electron chi connectivity index (χ0n) is 12.9. The Hall–Kier alpha value is -2.54. The van der Waals surface area contributed by atoms with Crippen molar-refractivity contribution in [1.29, 1.82) is 0 Å². The normalized spacial score (nSPS) is 11.1. The first-order valence-electron chi connectivity index (χ1n) is 7.13. The van der Waals surface area contributed by atoms with Gasteiger partial charge in [0.25, 0.3) is 5.91 Å². The predicted octanol–water partition coefficient (Wildman–Crippen LogP) is 1.48. The summed E-state index contributed by atoms with van der Waals surface area (Å²) >= 11 is 1.67.